The Morgan fingerprint density at radius 1 is 1.15 bits per heavy atom. The molecule has 0 aromatic heterocycles. The number of amides is 1. The van der Waals surface area contributed by atoms with Gasteiger partial charge in [-0.05, 0) is 60.4 Å². The molecule has 0 radical (unpaired) electrons. The van der Waals surface area contributed by atoms with Gasteiger partial charge in [0.25, 0.3) is 5.91 Å². The van der Waals surface area contributed by atoms with E-state index in [1.807, 2.05) is 19.1 Å². The predicted octanol–water partition coefficient (Wildman–Crippen LogP) is 4.14. The number of aromatic hydroxyl groups is 2. The first-order valence-electron chi connectivity index (χ1n) is 11.2. The number of carbonyl (C=O) groups is 1. The summed E-state index contributed by atoms with van der Waals surface area (Å²) in [5.41, 5.74) is -0.865. The smallest absolute Gasteiger partial charge is 0.257 e. The maximum atomic E-state index is 12.7. The molecule has 0 unspecified atom stereocenters. The molecule has 2 aliphatic rings. The van der Waals surface area contributed by atoms with E-state index in [0.717, 1.165) is 19.3 Å². The molecule has 0 saturated heterocycles. The van der Waals surface area contributed by atoms with Crippen molar-refractivity contribution in [1.29, 1.82) is 0 Å². The van der Waals surface area contributed by atoms with Crippen molar-refractivity contribution in [3.63, 3.8) is 0 Å². The van der Waals surface area contributed by atoms with Gasteiger partial charge in [0.1, 0.15) is 11.5 Å². The number of methoxy groups -OCH3 is 1. The van der Waals surface area contributed by atoms with Gasteiger partial charge in [-0.2, -0.15) is 0 Å². The minimum Gasteiger partial charge on any atom is -0.508 e. The van der Waals surface area contributed by atoms with Crippen molar-refractivity contribution in [2.24, 2.45) is 11.3 Å². The van der Waals surface area contributed by atoms with Gasteiger partial charge in [-0.15, -0.1) is 0 Å². The Balaban J connectivity index is 0.00000324. The Kier molecular flexibility index (Phi) is 7.12. The normalized spacial score (nSPS) is 31.0. The number of ether oxygens (including phenoxy) is 1. The van der Waals surface area contributed by atoms with Crippen LogP contribution in [0.5, 0.6) is 11.5 Å². The monoisotopic (exact) mass is 469 g/mol. The van der Waals surface area contributed by atoms with Crippen LogP contribution in [0.15, 0.2) is 42.5 Å². The molecular formula is C27H35NO6. The summed E-state index contributed by atoms with van der Waals surface area (Å²) in [5, 5.41) is 45.6. The Bertz CT molecular complexity index is 1080. The van der Waals surface area contributed by atoms with Crippen molar-refractivity contribution in [3.05, 3.63) is 59.2 Å². The molecule has 2 aromatic carbocycles. The molecule has 1 aliphatic heterocycles. The van der Waals surface area contributed by atoms with E-state index in [4.69, 9.17) is 4.74 Å². The molecule has 1 fully saturated rings. The van der Waals surface area contributed by atoms with Crippen molar-refractivity contribution >= 4 is 17.7 Å². The Labute approximate surface area is 200 Å². The van der Waals surface area contributed by atoms with Gasteiger partial charge in [0.15, 0.2) is 11.7 Å². The molecule has 2 aromatic rings. The molecule has 1 heterocycles. The van der Waals surface area contributed by atoms with Crippen molar-refractivity contribution in [1.82, 2.24) is 0 Å². The van der Waals surface area contributed by atoms with Gasteiger partial charge in [0.2, 0.25) is 0 Å². The van der Waals surface area contributed by atoms with Crippen LogP contribution in [0.4, 0.5) is 5.69 Å². The third-order valence-corrected chi connectivity index (χ3v) is 7.13. The van der Waals surface area contributed by atoms with Crippen molar-refractivity contribution in [2.45, 2.75) is 58.3 Å². The summed E-state index contributed by atoms with van der Waals surface area (Å²) in [7, 11) is 1.32. The van der Waals surface area contributed by atoms with E-state index < -0.39 is 17.6 Å². The third-order valence-electron chi connectivity index (χ3n) is 7.13. The molecule has 34 heavy (non-hydrogen) atoms. The van der Waals surface area contributed by atoms with Gasteiger partial charge >= 0.3 is 0 Å². The minimum absolute atomic E-state index is 0. The lowest BCUT2D eigenvalue weighted by molar-refractivity contribution is -0.142. The van der Waals surface area contributed by atoms with Crippen LogP contribution >= 0.6 is 0 Å². The molecule has 0 spiro atoms. The largest absolute Gasteiger partial charge is 0.508 e. The number of fused-ring (bicyclic) bond motifs is 1. The highest BCUT2D eigenvalue weighted by atomic mass is 16.5. The summed E-state index contributed by atoms with van der Waals surface area (Å²) in [4.78, 5) is 12.7. The molecule has 1 saturated carbocycles. The van der Waals surface area contributed by atoms with E-state index in [0.29, 0.717) is 16.8 Å². The van der Waals surface area contributed by atoms with Crippen LogP contribution in [0.1, 0.15) is 57.2 Å². The number of nitrogens with one attached hydrogen (secondary N) is 1. The Hall–Kier alpha value is -2.87. The highest BCUT2D eigenvalue weighted by Crippen LogP contribution is 2.48. The molecule has 7 nitrogen and oxygen atoms in total. The van der Waals surface area contributed by atoms with Crippen LogP contribution < -0.4 is 5.32 Å². The van der Waals surface area contributed by atoms with Gasteiger partial charge in [0, 0.05) is 12.7 Å². The van der Waals surface area contributed by atoms with E-state index >= 15 is 0 Å². The number of carbonyl (C=O) groups excluding carboxylic acids is 1. The van der Waals surface area contributed by atoms with Crippen LogP contribution in [0.3, 0.4) is 0 Å². The Morgan fingerprint density at radius 2 is 1.82 bits per heavy atom. The zero-order valence-electron chi connectivity index (χ0n) is 19.1. The fourth-order valence-electron chi connectivity index (χ4n) is 5.22. The summed E-state index contributed by atoms with van der Waals surface area (Å²) >= 11 is 0. The third kappa shape index (κ3) is 4.31. The number of phenolic OH excluding ortho intramolecular Hbond substituents is 2. The number of phenols is 2. The summed E-state index contributed by atoms with van der Waals surface area (Å²) < 4.78 is 5.37. The second-order valence-electron chi connectivity index (χ2n) is 9.62. The zero-order chi connectivity index (χ0) is 24.0. The number of aliphatic hydroxyl groups excluding tert-OH is 1. The topological polar surface area (TPSA) is 119 Å². The number of rotatable bonds is 4. The molecule has 5 atom stereocenters. The van der Waals surface area contributed by atoms with Gasteiger partial charge in [-0.25, -0.2) is 0 Å². The molecule has 5 N–H and O–H groups in total. The SMILES string of the molecule is C.CO[C@@H]1C(=O)Nc2ccc(/C=C/[C@]3(C)CC[C@H](O)[C@@H](C)C3)c(O)c2[C@@]1(O)c1ccc(O)cc1. The van der Waals surface area contributed by atoms with E-state index in [2.05, 4.69) is 12.2 Å². The van der Waals surface area contributed by atoms with E-state index in [9.17, 15) is 25.2 Å². The average molecular weight is 470 g/mol. The Morgan fingerprint density at radius 3 is 2.44 bits per heavy atom. The van der Waals surface area contributed by atoms with E-state index in [1.54, 1.807) is 12.1 Å². The van der Waals surface area contributed by atoms with E-state index in [-0.39, 0.29) is 41.9 Å². The molecule has 0 bridgehead atoms. The fourth-order valence-corrected chi connectivity index (χ4v) is 5.22. The van der Waals surface area contributed by atoms with Crippen molar-refractivity contribution < 1.29 is 30.0 Å². The number of allylic oxidation sites excluding steroid dienone is 1. The molecule has 4 rings (SSSR count). The lowest BCUT2D eigenvalue weighted by Crippen LogP contribution is -2.52. The van der Waals surface area contributed by atoms with Gasteiger partial charge in [-0.1, -0.05) is 45.6 Å². The van der Waals surface area contributed by atoms with Crippen LogP contribution in [-0.2, 0) is 15.1 Å². The lowest BCUT2D eigenvalue weighted by atomic mass is 9.70. The number of benzene rings is 2. The lowest BCUT2D eigenvalue weighted by Gasteiger charge is -2.40. The van der Waals surface area contributed by atoms with Gasteiger partial charge < -0.3 is 30.5 Å². The zero-order valence-corrected chi connectivity index (χ0v) is 19.1. The minimum atomic E-state index is -1.97. The molecule has 184 valence electrons. The predicted molar refractivity (Wildman–Crippen MR) is 132 cm³/mol. The maximum Gasteiger partial charge on any atom is 0.257 e. The number of hydrogen-bond donors (Lipinski definition) is 5. The summed E-state index contributed by atoms with van der Waals surface area (Å²) in [6.07, 6.45) is 4.66. The van der Waals surface area contributed by atoms with Crippen LogP contribution in [0.25, 0.3) is 6.08 Å². The van der Waals surface area contributed by atoms with Crippen LogP contribution in [0.2, 0.25) is 0 Å². The summed E-state index contributed by atoms with van der Waals surface area (Å²) in [6.45, 7) is 4.17. The van der Waals surface area contributed by atoms with Gasteiger partial charge in [-0.3, -0.25) is 4.79 Å². The molecular weight excluding hydrogens is 434 g/mol. The second-order valence-corrected chi connectivity index (χ2v) is 9.62. The molecule has 7 heteroatoms. The van der Waals surface area contributed by atoms with E-state index in [1.165, 1.54) is 31.4 Å². The highest BCUT2D eigenvalue weighted by molar-refractivity contribution is 6.00. The van der Waals surface area contributed by atoms with Crippen LogP contribution in [0, 0.1) is 11.3 Å². The number of anilines is 1. The second kappa shape index (κ2) is 9.41. The first-order valence-corrected chi connectivity index (χ1v) is 11.2. The number of aliphatic hydroxyl groups is 2. The molecule has 1 amide bonds. The fraction of sp³-hybridized carbons (Fsp3) is 0.444. The first-order chi connectivity index (χ1) is 15.6. The van der Waals surface area contributed by atoms with Crippen molar-refractivity contribution in [3.8, 4) is 11.5 Å². The molecule has 1 aliphatic carbocycles. The first kappa shape index (κ1) is 25.7. The quantitative estimate of drug-likeness (QED) is 0.459. The van der Waals surface area contributed by atoms with Crippen LogP contribution in [-0.4, -0.2) is 45.7 Å². The average Bonchev–Trinajstić information content (AvgIpc) is 2.76. The highest BCUT2D eigenvalue weighted by Gasteiger charge is 2.51. The standard InChI is InChI=1S/C26H31NO6.CH4/c1-15-14-25(2,13-11-20(15)29)12-10-16-4-9-19-21(22(16)30)26(32,23(33-3)24(31)27-19)17-5-7-18(28)8-6-17;/h4-10,12,15,20,23,28-30,32H,11,13-14H2,1-3H3,(H,27,31);1H4/b12-10+;/t15-,20-,23+,25+,26-;/m0./s1. The van der Waals surface area contributed by atoms with Gasteiger partial charge in [0.05, 0.1) is 17.4 Å². The van der Waals surface area contributed by atoms with Crippen molar-refractivity contribution in [2.75, 3.05) is 12.4 Å². The maximum absolute atomic E-state index is 12.7. The number of hydrogen-bond acceptors (Lipinski definition) is 6. The summed E-state index contributed by atoms with van der Waals surface area (Å²) in [6, 6.07) is 9.17. The summed E-state index contributed by atoms with van der Waals surface area (Å²) in [5.74, 6) is -0.500.